The SMILES string of the molecule is CC(=O)Nc1ccc(/C(C)=N/OCC(=O)N2CCN(S(=O)(=O)c3ccc(Cl)cc3)CC2)cc1. The molecule has 0 radical (unpaired) electrons. The molecule has 3 rings (SSSR count). The molecule has 0 aromatic heterocycles. The van der Waals surface area contributed by atoms with E-state index in [-0.39, 0.29) is 49.5 Å². The Morgan fingerprint density at radius 3 is 2.18 bits per heavy atom. The third-order valence-corrected chi connectivity index (χ3v) is 7.22. The van der Waals surface area contributed by atoms with Crippen molar-refractivity contribution in [1.29, 1.82) is 0 Å². The minimum absolute atomic E-state index is 0.154. The number of nitrogens with one attached hydrogen (secondary N) is 1. The van der Waals surface area contributed by atoms with E-state index in [0.717, 1.165) is 5.56 Å². The van der Waals surface area contributed by atoms with E-state index in [9.17, 15) is 18.0 Å². The summed E-state index contributed by atoms with van der Waals surface area (Å²) >= 11 is 5.83. The van der Waals surface area contributed by atoms with Gasteiger partial charge in [0, 0.05) is 43.8 Å². The number of hydrogen-bond donors (Lipinski definition) is 1. The number of halogens is 1. The topological polar surface area (TPSA) is 108 Å². The van der Waals surface area contributed by atoms with Crippen molar-refractivity contribution < 1.29 is 22.8 Å². The number of carbonyl (C=O) groups is 2. The summed E-state index contributed by atoms with van der Waals surface area (Å²) in [6.45, 7) is 3.86. The van der Waals surface area contributed by atoms with Crippen molar-refractivity contribution in [2.45, 2.75) is 18.7 Å². The molecule has 176 valence electrons. The molecule has 2 amide bonds. The second-order valence-electron chi connectivity index (χ2n) is 7.45. The van der Waals surface area contributed by atoms with Gasteiger partial charge in [0.15, 0.2) is 6.61 Å². The minimum atomic E-state index is -3.64. The second-order valence-corrected chi connectivity index (χ2v) is 9.82. The highest BCUT2D eigenvalue weighted by Crippen LogP contribution is 2.20. The maximum absolute atomic E-state index is 12.7. The lowest BCUT2D eigenvalue weighted by Crippen LogP contribution is -2.51. The Kier molecular flexibility index (Phi) is 8.06. The molecular formula is C22H25ClN4O5S. The maximum Gasteiger partial charge on any atom is 0.263 e. The molecule has 33 heavy (non-hydrogen) atoms. The van der Waals surface area contributed by atoms with Gasteiger partial charge in [-0.1, -0.05) is 28.9 Å². The first kappa shape index (κ1) is 24.7. The molecule has 2 aromatic carbocycles. The number of rotatable bonds is 7. The number of carbonyl (C=O) groups excluding carboxylic acids is 2. The van der Waals surface area contributed by atoms with Crippen LogP contribution >= 0.6 is 11.6 Å². The highest BCUT2D eigenvalue weighted by Gasteiger charge is 2.30. The van der Waals surface area contributed by atoms with Crippen LogP contribution in [0.4, 0.5) is 5.69 Å². The van der Waals surface area contributed by atoms with Crippen LogP contribution in [0.3, 0.4) is 0 Å². The molecule has 9 nitrogen and oxygen atoms in total. The van der Waals surface area contributed by atoms with Gasteiger partial charge in [0.05, 0.1) is 10.6 Å². The minimum Gasteiger partial charge on any atom is -0.385 e. The van der Waals surface area contributed by atoms with Gasteiger partial charge in [-0.15, -0.1) is 0 Å². The summed E-state index contributed by atoms with van der Waals surface area (Å²) < 4.78 is 26.8. The van der Waals surface area contributed by atoms with Gasteiger partial charge in [-0.2, -0.15) is 4.31 Å². The first-order chi connectivity index (χ1) is 15.7. The monoisotopic (exact) mass is 492 g/mol. The quantitative estimate of drug-likeness (QED) is 0.472. The van der Waals surface area contributed by atoms with E-state index in [0.29, 0.717) is 16.4 Å². The molecule has 0 unspecified atom stereocenters. The van der Waals surface area contributed by atoms with E-state index in [1.54, 1.807) is 36.1 Å². The molecule has 2 aromatic rings. The Morgan fingerprint density at radius 2 is 1.61 bits per heavy atom. The molecular weight excluding hydrogens is 468 g/mol. The molecule has 1 saturated heterocycles. The summed E-state index contributed by atoms with van der Waals surface area (Å²) in [6, 6.07) is 13.1. The fourth-order valence-electron chi connectivity index (χ4n) is 3.26. The number of amides is 2. The van der Waals surface area contributed by atoms with Crippen molar-refractivity contribution in [3.05, 3.63) is 59.1 Å². The Balaban J connectivity index is 1.49. The Labute approximate surface area is 198 Å². The fraction of sp³-hybridized carbons (Fsp3) is 0.318. The van der Waals surface area contributed by atoms with E-state index >= 15 is 0 Å². The first-order valence-corrected chi connectivity index (χ1v) is 12.1. The van der Waals surface area contributed by atoms with E-state index in [2.05, 4.69) is 10.5 Å². The van der Waals surface area contributed by atoms with E-state index in [4.69, 9.17) is 16.4 Å². The van der Waals surface area contributed by atoms with Crippen molar-refractivity contribution in [3.63, 3.8) is 0 Å². The fourth-order valence-corrected chi connectivity index (χ4v) is 4.81. The molecule has 11 heteroatoms. The van der Waals surface area contributed by atoms with Crippen molar-refractivity contribution >= 4 is 44.8 Å². The number of nitrogens with zero attached hydrogens (tertiary/aromatic N) is 3. The lowest BCUT2D eigenvalue weighted by atomic mass is 10.1. The Morgan fingerprint density at radius 1 is 1.00 bits per heavy atom. The third-order valence-electron chi connectivity index (χ3n) is 5.06. The summed E-state index contributed by atoms with van der Waals surface area (Å²) in [6.07, 6.45) is 0. The van der Waals surface area contributed by atoms with Crippen molar-refractivity contribution in [1.82, 2.24) is 9.21 Å². The van der Waals surface area contributed by atoms with Crippen LogP contribution in [0.15, 0.2) is 58.6 Å². The van der Waals surface area contributed by atoms with Gasteiger partial charge in [-0.05, 0) is 48.9 Å². The van der Waals surface area contributed by atoms with Gasteiger partial charge in [0.25, 0.3) is 5.91 Å². The zero-order chi connectivity index (χ0) is 24.0. The van der Waals surface area contributed by atoms with Crippen LogP contribution in [0.5, 0.6) is 0 Å². The zero-order valence-corrected chi connectivity index (χ0v) is 19.9. The molecule has 1 aliphatic rings. The molecule has 1 N–H and O–H groups in total. The van der Waals surface area contributed by atoms with Crippen LogP contribution in [-0.2, 0) is 24.4 Å². The second kappa shape index (κ2) is 10.8. The molecule has 0 spiro atoms. The van der Waals surface area contributed by atoms with Crippen LogP contribution in [0.1, 0.15) is 19.4 Å². The molecule has 0 bridgehead atoms. The van der Waals surface area contributed by atoms with E-state index in [1.807, 2.05) is 0 Å². The smallest absolute Gasteiger partial charge is 0.263 e. The van der Waals surface area contributed by atoms with Crippen LogP contribution in [0.25, 0.3) is 0 Å². The predicted octanol–water partition coefficient (Wildman–Crippen LogP) is 2.57. The van der Waals surface area contributed by atoms with Crippen molar-refractivity contribution in [3.8, 4) is 0 Å². The van der Waals surface area contributed by atoms with E-state index < -0.39 is 10.0 Å². The standard InChI is InChI=1S/C22H25ClN4O5S/c1-16(18-3-7-20(8-4-18)24-17(2)28)25-32-15-22(29)26-11-13-27(14-12-26)33(30,31)21-9-5-19(23)6-10-21/h3-10H,11-15H2,1-2H3,(H,24,28)/b25-16+. The number of hydrogen-bond acceptors (Lipinski definition) is 6. The number of sulfonamides is 1. The number of anilines is 1. The van der Waals surface area contributed by atoms with Crippen LogP contribution in [0.2, 0.25) is 5.02 Å². The summed E-state index contributed by atoms with van der Waals surface area (Å²) in [5.74, 6) is -0.422. The lowest BCUT2D eigenvalue weighted by Gasteiger charge is -2.33. The molecule has 1 heterocycles. The lowest BCUT2D eigenvalue weighted by molar-refractivity contribution is -0.137. The largest absolute Gasteiger partial charge is 0.385 e. The average molecular weight is 493 g/mol. The average Bonchev–Trinajstić information content (AvgIpc) is 2.79. The van der Waals surface area contributed by atoms with Crippen LogP contribution in [-0.4, -0.2) is 67.9 Å². The van der Waals surface area contributed by atoms with Gasteiger partial charge in [-0.3, -0.25) is 9.59 Å². The zero-order valence-electron chi connectivity index (χ0n) is 18.3. The normalized spacial score (nSPS) is 15.2. The molecule has 0 saturated carbocycles. The maximum atomic E-state index is 12.7. The number of oxime groups is 1. The highest BCUT2D eigenvalue weighted by molar-refractivity contribution is 7.89. The summed E-state index contributed by atoms with van der Waals surface area (Å²) in [4.78, 5) is 30.5. The summed E-state index contributed by atoms with van der Waals surface area (Å²) in [7, 11) is -3.64. The summed E-state index contributed by atoms with van der Waals surface area (Å²) in [5.41, 5.74) is 2.04. The van der Waals surface area contributed by atoms with Gasteiger partial charge >= 0.3 is 0 Å². The van der Waals surface area contributed by atoms with Crippen LogP contribution in [0, 0.1) is 0 Å². The van der Waals surface area contributed by atoms with E-state index in [1.165, 1.54) is 35.5 Å². The first-order valence-electron chi connectivity index (χ1n) is 10.2. The Bertz CT molecular complexity index is 1130. The highest BCUT2D eigenvalue weighted by atomic mass is 35.5. The predicted molar refractivity (Wildman–Crippen MR) is 126 cm³/mol. The van der Waals surface area contributed by atoms with Crippen LogP contribution < -0.4 is 5.32 Å². The van der Waals surface area contributed by atoms with Crippen molar-refractivity contribution in [2.75, 3.05) is 38.1 Å². The number of piperazine rings is 1. The molecule has 0 aliphatic carbocycles. The molecule has 1 fully saturated rings. The van der Waals surface area contributed by atoms with Gasteiger partial charge in [0.2, 0.25) is 15.9 Å². The summed E-state index contributed by atoms with van der Waals surface area (Å²) in [5, 5.41) is 7.13. The molecule has 0 atom stereocenters. The Hall–Kier alpha value is -2.95. The third kappa shape index (κ3) is 6.53. The molecule has 1 aliphatic heterocycles. The van der Waals surface area contributed by atoms with Gasteiger partial charge in [-0.25, -0.2) is 8.42 Å². The van der Waals surface area contributed by atoms with Gasteiger partial charge < -0.3 is 15.1 Å². The van der Waals surface area contributed by atoms with Crippen molar-refractivity contribution in [2.24, 2.45) is 5.16 Å². The van der Waals surface area contributed by atoms with Gasteiger partial charge in [0.1, 0.15) is 0 Å². The number of benzene rings is 2.